The zero-order valence-corrected chi connectivity index (χ0v) is 12.1. The van der Waals surface area contributed by atoms with Crippen LogP contribution in [-0.4, -0.2) is 13.7 Å². The normalized spacial score (nSPS) is 19.2. The molecule has 0 saturated heterocycles. The minimum Gasteiger partial charge on any atom is -0.496 e. The van der Waals surface area contributed by atoms with Crippen LogP contribution in [0.15, 0.2) is 6.07 Å². The summed E-state index contributed by atoms with van der Waals surface area (Å²) in [6.45, 7) is 7.57. The number of fused-ring (bicyclic) bond motifs is 1. The van der Waals surface area contributed by atoms with Gasteiger partial charge in [-0.3, -0.25) is 0 Å². The van der Waals surface area contributed by atoms with E-state index in [1.165, 1.54) is 47.9 Å². The lowest BCUT2D eigenvalue weighted by atomic mass is 9.91. The summed E-state index contributed by atoms with van der Waals surface area (Å²) in [5.41, 5.74) is 5.62. The van der Waals surface area contributed by atoms with E-state index in [0.29, 0.717) is 6.04 Å². The van der Waals surface area contributed by atoms with Crippen LogP contribution in [0.25, 0.3) is 0 Å². The number of nitrogens with one attached hydrogen (secondary N) is 1. The van der Waals surface area contributed by atoms with Crippen LogP contribution in [0.4, 0.5) is 0 Å². The van der Waals surface area contributed by atoms with Gasteiger partial charge in [0.15, 0.2) is 0 Å². The predicted molar refractivity (Wildman–Crippen MR) is 76.4 cm³/mol. The summed E-state index contributed by atoms with van der Waals surface area (Å²) >= 11 is 0. The van der Waals surface area contributed by atoms with Crippen LogP contribution >= 0.6 is 0 Å². The van der Waals surface area contributed by atoms with Crippen LogP contribution in [0, 0.1) is 13.8 Å². The molecule has 1 aliphatic rings. The zero-order chi connectivity index (χ0) is 13.1. The van der Waals surface area contributed by atoms with Crippen molar-refractivity contribution in [3.63, 3.8) is 0 Å². The monoisotopic (exact) mass is 247 g/mol. The van der Waals surface area contributed by atoms with Crippen molar-refractivity contribution in [3.05, 3.63) is 28.3 Å². The molecule has 1 aromatic rings. The molecule has 1 N–H and O–H groups in total. The summed E-state index contributed by atoms with van der Waals surface area (Å²) < 4.78 is 5.58. The maximum atomic E-state index is 5.58. The van der Waals surface area contributed by atoms with E-state index in [4.69, 9.17) is 4.74 Å². The van der Waals surface area contributed by atoms with Crippen LogP contribution in [0.1, 0.15) is 54.5 Å². The first-order valence-electron chi connectivity index (χ1n) is 7.09. The summed E-state index contributed by atoms with van der Waals surface area (Å²) in [4.78, 5) is 0. The summed E-state index contributed by atoms with van der Waals surface area (Å²) in [5, 5.41) is 3.64. The van der Waals surface area contributed by atoms with Crippen LogP contribution in [0.2, 0.25) is 0 Å². The van der Waals surface area contributed by atoms with Gasteiger partial charge in [0.2, 0.25) is 0 Å². The van der Waals surface area contributed by atoms with Gasteiger partial charge >= 0.3 is 0 Å². The molecule has 1 atom stereocenters. The molecule has 2 rings (SSSR count). The quantitative estimate of drug-likeness (QED) is 0.823. The summed E-state index contributed by atoms with van der Waals surface area (Å²) in [5.74, 6) is 1.07. The van der Waals surface area contributed by atoms with Crippen molar-refractivity contribution < 1.29 is 4.74 Å². The summed E-state index contributed by atoms with van der Waals surface area (Å²) in [6.07, 6.45) is 5.07. The van der Waals surface area contributed by atoms with E-state index < -0.39 is 0 Å². The largest absolute Gasteiger partial charge is 0.496 e. The van der Waals surface area contributed by atoms with E-state index in [-0.39, 0.29) is 0 Å². The first-order valence-corrected chi connectivity index (χ1v) is 7.09. The van der Waals surface area contributed by atoms with Crippen LogP contribution in [0.5, 0.6) is 5.75 Å². The standard InChI is InChI=1S/C16H25NO/c1-5-17-14-9-7-6-8-13-10-11(2)16(18-4)12(3)15(13)14/h10,14,17H,5-9H2,1-4H3. The second kappa shape index (κ2) is 5.75. The molecule has 1 aliphatic carbocycles. The average Bonchev–Trinajstić information content (AvgIpc) is 2.53. The number of ether oxygens (including phenoxy) is 1. The second-order valence-electron chi connectivity index (χ2n) is 5.28. The van der Waals surface area contributed by atoms with Crippen molar-refractivity contribution in [2.45, 2.75) is 52.5 Å². The Hall–Kier alpha value is -1.02. The van der Waals surface area contributed by atoms with Crippen LogP contribution in [-0.2, 0) is 6.42 Å². The van der Waals surface area contributed by atoms with Gasteiger partial charge in [-0.05, 0) is 61.9 Å². The summed E-state index contributed by atoms with van der Waals surface area (Å²) in [6, 6.07) is 2.83. The SMILES string of the molecule is CCNC1CCCCc2cc(C)c(OC)c(C)c21. The maximum absolute atomic E-state index is 5.58. The molecule has 0 radical (unpaired) electrons. The molecule has 18 heavy (non-hydrogen) atoms. The molecule has 0 aromatic heterocycles. The number of rotatable bonds is 3. The van der Waals surface area contributed by atoms with Gasteiger partial charge in [0.25, 0.3) is 0 Å². The van der Waals surface area contributed by atoms with E-state index in [0.717, 1.165) is 12.3 Å². The van der Waals surface area contributed by atoms with Crippen LogP contribution in [0.3, 0.4) is 0 Å². The lowest BCUT2D eigenvalue weighted by Gasteiger charge is -2.23. The van der Waals surface area contributed by atoms with Gasteiger partial charge in [0, 0.05) is 6.04 Å². The Kier molecular flexibility index (Phi) is 4.28. The van der Waals surface area contributed by atoms with E-state index in [1.54, 1.807) is 7.11 Å². The molecule has 1 unspecified atom stereocenters. The molecule has 0 saturated carbocycles. The van der Waals surface area contributed by atoms with Crippen molar-refractivity contribution in [1.82, 2.24) is 5.32 Å². The van der Waals surface area contributed by atoms with Gasteiger partial charge in [-0.25, -0.2) is 0 Å². The van der Waals surface area contributed by atoms with Gasteiger partial charge in [0.05, 0.1) is 7.11 Å². The Morgan fingerprint density at radius 1 is 1.33 bits per heavy atom. The summed E-state index contributed by atoms with van der Waals surface area (Å²) in [7, 11) is 1.78. The Labute approximate surface area is 111 Å². The van der Waals surface area contributed by atoms with Crippen molar-refractivity contribution in [3.8, 4) is 5.75 Å². The number of benzene rings is 1. The molecule has 0 amide bonds. The highest BCUT2D eigenvalue weighted by molar-refractivity contribution is 5.51. The van der Waals surface area contributed by atoms with E-state index >= 15 is 0 Å². The molecule has 2 heteroatoms. The first kappa shape index (κ1) is 13.4. The molecule has 0 aliphatic heterocycles. The molecular formula is C16H25NO. The minimum absolute atomic E-state index is 0.502. The molecule has 1 aromatic carbocycles. The van der Waals surface area contributed by atoms with Gasteiger partial charge in [-0.15, -0.1) is 0 Å². The molecule has 0 fully saturated rings. The third kappa shape index (κ3) is 2.39. The predicted octanol–water partition coefficient (Wildman–Crippen LogP) is 3.69. The number of hydrogen-bond donors (Lipinski definition) is 1. The smallest absolute Gasteiger partial charge is 0.125 e. The maximum Gasteiger partial charge on any atom is 0.125 e. The first-order chi connectivity index (χ1) is 8.69. The molecule has 2 nitrogen and oxygen atoms in total. The second-order valence-corrected chi connectivity index (χ2v) is 5.28. The van der Waals surface area contributed by atoms with Crippen molar-refractivity contribution in [1.29, 1.82) is 0 Å². The van der Waals surface area contributed by atoms with Crippen LogP contribution < -0.4 is 10.1 Å². The molecule has 100 valence electrons. The zero-order valence-electron chi connectivity index (χ0n) is 12.1. The fourth-order valence-electron chi connectivity index (χ4n) is 3.33. The highest BCUT2D eigenvalue weighted by Gasteiger charge is 2.22. The molecule has 0 heterocycles. The van der Waals surface area contributed by atoms with Gasteiger partial charge in [-0.2, -0.15) is 0 Å². The fourth-order valence-corrected chi connectivity index (χ4v) is 3.33. The molecule has 0 bridgehead atoms. The Balaban J connectivity index is 2.53. The average molecular weight is 247 g/mol. The van der Waals surface area contributed by atoms with Crippen molar-refractivity contribution in [2.75, 3.05) is 13.7 Å². The van der Waals surface area contributed by atoms with E-state index in [1.807, 2.05) is 0 Å². The topological polar surface area (TPSA) is 21.3 Å². The third-order valence-electron chi connectivity index (χ3n) is 4.03. The van der Waals surface area contributed by atoms with Crippen molar-refractivity contribution in [2.24, 2.45) is 0 Å². The van der Waals surface area contributed by atoms with Crippen molar-refractivity contribution >= 4 is 0 Å². The number of hydrogen-bond acceptors (Lipinski definition) is 2. The number of methoxy groups -OCH3 is 1. The third-order valence-corrected chi connectivity index (χ3v) is 4.03. The Bertz CT molecular complexity index is 426. The van der Waals surface area contributed by atoms with Gasteiger partial charge < -0.3 is 10.1 Å². The lowest BCUT2D eigenvalue weighted by molar-refractivity contribution is 0.405. The Morgan fingerprint density at radius 2 is 2.11 bits per heavy atom. The minimum atomic E-state index is 0.502. The highest BCUT2D eigenvalue weighted by Crippen LogP contribution is 2.37. The lowest BCUT2D eigenvalue weighted by Crippen LogP contribution is -2.22. The highest BCUT2D eigenvalue weighted by atomic mass is 16.5. The Morgan fingerprint density at radius 3 is 2.78 bits per heavy atom. The van der Waals surface area contributed by atoms with Gasteiger partial charge in [0.1, 0.15) is 5.75 Å². The molecule has 0 spiro atoms. The number of aryl methyl sites for hydroxylation is 2. The van der Waals surface area contributed by atoms with E-state index in [9.17, 15) is 0 Å². The van der Waals surface area contributed by atoms with Gasteiger partial charge in [-0.1, -0.05) is 19.4 Å². The molecular weight excluding hydrogens is 222 g/mol. The fraction of sp³-hybridized carbons (Fsp3) is 0.625. The van der Waals surface area contributed by atoms with E-state index in [2.05, 4.69) is 32.2 Å².